The molecule has 4 nitrogen and oxygen atoms in total. The van der Waals surface area contributed by atoms with E-state index in [1.165, 1.54) is 0 Å². The van der Waals surface area contributed by atoms with Crippen molar-refractivity contribution in [3.8, 4) is 6.07 Å². The van der Waals surface area contributed by atoms with Crippen molar-refractivity contribution in [2.45, 2.75) is 6.54 Å². The summed E-state index contributed by atoms with van der Waals surface area (Å²) in [4.78, 5) is 10.3. The van der Waals surface area contributed by atoms with Gasteiger partial charge in [0.2, 0.25) is 0 Å². The summed E-state index contributed by atoms with van der Waals surface area (Å²) in [5, 5.41) is 11.0. The molecule has 0 aromatic carbocycles. The summed E-state index contributed by atoms with van der Waals surface area (Å²) < 4.78 is 0. The van der Waals surface area contributed by atoms with Gasteiger partial charge in [-0.1, -0.05) is 0 Å². The summed E-state index contributed by atoms with van der Waals surface area (Å²) in [7, 11) is 1.91. The van der Waals surface area contributed by atoms with Gasteiger partial charge in [-0.3, -0.25) is 0 Å². The van der Waals surface area contributed by atoms with E-state index in [0.717, 1.165) is 5.69 Å². The number of nitrogens with zero attached hydrogens (tertiary/aromatic N) is 4. The molecule has 2 aromatic heterocycles. The normalized spacial score (nSPS) is 9.75. The van der Waals surface area contributed by atoms with Crippen LogP contribution in [0.3, 0.4) is 0 Å². The quantitative estimate of drug-likeness (QED) is 0.809. The molecule has 0 bridgehead atoms. The van der Waals surface area contributed by atoms with Crippen molar-refractivity contribution in [1.82, 2.24) is 9.97 Å². The maximum atomic E-state index is 8.96. The monoisotopic (exact) mass is 230 g/mol. The summed E-state index contributed by atoms with van der Waals surface area (Å²) >= 11 is 1.56. The molecule has 2 aromatic rings. The maximum absolute atomic E-state index is 8.96. The third-order valence-corrected chi connectivity index (χ3v) is 2.79. The predicted molar refractivity (Wildman–Crippen MR) is 63.2 cm³/mol. The molecule has 0 amide bonds. The molecule has 0 spiro atoms. The third kappa shape index (κ3) is 2.18. The van der Waals surface area contributed by atoms with Crippen molar-refractivity contribution in [3.63, 3.8) is 0 Å². The van der Waals surface area contributed by atoms with E-state index in [1.54, 1.807) is 35.2 Å². The van der Waals surface area contributed by atoms with Gasteiger partial charge in [0.25, 0.3) is 0 Å². The molecular formula is C11H10N4S. The number of aromatic nitrogens is 2. The standard InChI is InChI=1S/C11H10N4S/c1-15(6-10-7-16-8-14-10)11-9(5-12)3-2-4-13-11/h2-4,7-8H,6H2,1H3. The van der Waals surface area contributed by atoms with E-state index in [4.69, 9.17) is 5.26 Å². The molecule has 0 aliphatic rings. The van der Waals surface area contributed by atoms with Crippen molar-refractivity contribution in [2.75, 3.05) is 11.9 Å². The molecular weight excluding hydrogens is 220 g/mol. The molecule has 0 fully saturated rings. The molecule has 0 aliphatic heterocycles. The molecule has 80 valence electrons. The van der Waals surface area contributed by atoms with Crippen molar-refractivity contribution in [1.29, 1.82) is 5.26 Å². The molecule has 0 unspecified atom stereocenters. The smallest absolute Gasteiger partial charge is 0.146 e. The molecule has 0 atom stereocenters. The Morgan fingerprint density at radius 1 is 1.50 bits per heavy atom. The van der Waals surface area contributed by atoms with Crippen LogP contribution in [-0.2, 0) is 6.54 Å². The highest BCUT2D eigenvalue weighted by atomic mass is 32.1. The highest BCUT2D eigenvalue weighted by molar-refractivity contribution is 7.07. The first-order chi connectivity index (χ1) is 7.81. The molecule has 2 rings (SSSR count). The van der Waals surface area contributed by atoms with E-state index in [9.17, 15) is 0 Å². The second-order valence-corrected chi connectivity index (χ2v) is 4.04. The van der Waals surface area contributed by atoms with E-state index < -0.39 is 0 Å². The summed E-state index contributed by atoms with van der Waals surface area (Å²) in [6.07, 6.45) is 1.69. The summed E-state index contributed by atoms with van der Waals surface area (Å²) in [5.74, 6) is 0.693. The average Bonchev–Trinajstić information content (AvgIpc) is 2.81. The first kappa shape index (κ1) is 10.6. The molecule has 0 aliphatic carbocycles. The molecule has 16 heavy (non-hydrogen) atoms. The molecule has 0 saturated heterocycles. The van der Waals surface area contributed by atoms with E-state index in [1.807, 2.05) is 17.3 Å². The van der Waals surface area contributed by atoms with Crippen LogP contribution in [0.2, 0.25) is 0 Å². The van der Waals surface area contributed by atoms with Crippen LogP contribution in [0.25, 0.3) is 0 Å². The van der Waals surface area contributed by atoms with Gasteiger partial charge in [-0.25, -0.2) is 9.97 Å². The number of rotatable bonds is 3. The zero-order chi connectivity index (χ0) is 11.4. The Labute approximate surface area is 97.8 Å². The minimum atomic E-state index is 0.584. The van der Waals surface area contributed by atoms with Crippen LogP contribution in [0, 0.1) is 11.3 Å². The number of hydrogen-bond donors (Lipinski definition) is 0. The van der Waals surface area contributed by atoms with Crippen molar-refractivity contribution < 1.29 is 0 Å². The Kier molecular flexibility index (Phi) is 3.13. The largest absolute Gasteiger partial charge is 0.353 e. The van der Waals surface area contributed by atoms with Gasteiger partial charge in [0.15, 0.2) is 0 Å². The minimum absolute atomic E-state index is 0.584. The number of anilines is 1. The number of pyridine rings is 1. The lowest BCUT2D eigenvalue weighted by atomic mass is 10.2. The summed E-state index contributed by atoms with van der Waals surface area (Å²) in [5.41, 5.74) is 3.37. The van der Waals surface area contributed by atoms with Crippen molar-refractivity contribution in [3.05, 3.63) is 40.5 Å². The minimum Gasteiger partial charge on any atom is -0.353 e. The third-order valence-electron chi connectivity index (χ3n) is 2.15. The van der Waals surface area contributed by atoms with Gasteiger partial charge in [-0.05, 0) is 12.1 Å². The summed E-state index contributed by atoms with van der Waals surface area (Å²) in [6.45, 7) is 0.662. The van der Waals surface area contributed by atoms with Crippen LogP contribution in [0.5, 0.6) is 0 Å². The Bertz CT molecular complexity index is 501. The van der Waals surface area contributed by atoms with E-state index in [-0.39, 0.29) is 0 Å². The predicted octanol–water partition coefficient (Wildman–Crippen LogP) is 2.05. The Morgan fingerprint density at radius 3 is 3.06 bits per heavy atom. The van der Waals surface area contributed by atoms with Gasteiger partial charge in [0.05, 0.1) is 23.3 Å². The highest BCUT2D eigenvalue weighted by Gasteiger charge is 2.09. The highest BCUT2D eigenvalue weighted by Crippen LogP contribution is 2.16. The van der Waals surface area contributed by atoms with Crippen LogP contribution in [0.1, 0.15) is 11.3 Å². The van der Waals surface area contributed by atoms with E-state index >= 15 is 0 Å². The fourth-order valence-corrected chi connectivity index (χ4v) is 1.97. The maximum Gasteiger partial charge on any atom is 0.146 e. The van der Waals surface area contributed by atoms with Gasteiger partial charge in [0, 0.05) is 18.6 Å². The molecule has 0 N–H and O–H groups in total. The van der Waals surface area contributed by atoms with Gasteiger partial charge in [-0.15, -0.1) is 11.3 Å². The fraction of sp³-hybridized carbons (Fsp3) is 0.182. The average molecular weight is 230 g/mol. The zero-order valence-electron chi connectivity index (χ0n) is 8.79. The lowest BCUT2D eigenvalue weighted by Gasteiger charge is -2.17. The first-order valence-corrected chi connectivity index (χ1v) is 5.69. The van der Waals surface area contributed by atoms with Crippen molar-refractivity contribution >= 4 is 17.2 Å². The number of nitriles is 1. The second-order valence-electron chi connectivity index (χ2n) is 3.32. The molecule has 2 heterocycles. The fourth-order valence-electron chi connectivity index (χ4n) is 1.42. The Morgan fingerprint density at radius 2 is 2.38 bits per heavy atom. The molecule has 5 heteroatoms. The topological polar surface area (TPSA) is 52.8 Å². The van der Waals surface area contributed by atoms with Crippen LogP contribution in [0.15, 0.2) is 29.2 Å². The first-order valence-electron chi connectivity index (χ1n) is 4.74. The van der Waals surface area contributed by atoms with Gasteiger partial charge in [-0.2, -0.15) is 5.26 Å². The zero-order valence-corrected chi connectivity index (χ0v) is 9.61. The number of hydrogen-bond acceptors (Lipinski definition) is 5. The van der Waals surface area contributed by atoms with Crippen molar-refractivity contribution in [2.24, 2.45) is 0 Å². The van der Waals surface area contributed by atoms with Gasteiger partial charge < -0.3 is 4.90 Å². The lowest BCUT2D eigenvalue weighted by Crippen LogP contribution is -2.18. The van der Waals surface area contributed by atoms with Crippen LogP contribution in [-0.4, -0.2) is 17.0 Å². The lowest BCUT2D eigenvalue weighted by molar-refractivity contribution is 0.872. The van der Waals surface area contributed by atoms with Crippen LogP contribution in [0.4, 0.5) is 5.82 Å². The Hall–Kier alpha value is -1.93. The number of thiazole rings is 1. The van der Waals surface area contributed by atoms with Crippen LogP contribution < -0.4 is 4.90 Å². The summed E-state index contributed by atoms with van der Waals surface area (Å²) in [6, 6.07) is 5.66. The van der Waals surface area contributed by atoms with Crippen LogP contribution >= 0.6 is 11.3 Å². The SMILES string of the molecule is CN(Cc1cscn1)c1ncccc1C#N. The van der Waals surface area contributed by atoms with Gasteiger partial charge in [0.1, 0.15) is 11.9 Å². The Balaban J connectivity index is 2.21. The van der Waals surface area contributed by atoms with Gasteiger partial charge >= 0.3 is 0 Å². The molecule has 0 saturated carbocycles. The van der Waals surface area contributed by atoms with E-state index in [0.29, 0.717) is 17.9 Å². The molecule has 0 radical (unpaired) electrons. The second kappa shape index (κ2) is 4.73. The van der Waals surface area contributed by atoms with E-state index in [2.05, 4.69) is 16.0 Å².